The molecule has 1 aromatic carbocycles. The summed E-state index contributed by atoms with van der Waals surface area (Å²) in [5.41, 5.74) is 4.95. The normalized spacial score (nSPS) is 14.4. The van der Waals surface area contributed by atoms with E-state index in [0.29, 0.717) is 18.3 Å². The quantitative estimate of drug-likeness (QED) is 0.937. The maximum Gasteiger partial charge on any atom is 0.204 e. The third kappa shape index (κ3) is 3.05. The van der Waals surface area contributed by atoms with Gasteiger partial charge in [0.25, 0.3) is 0 Å². The molecule has 4 nitrogen and oxygen atoms in total. The first-order chi connectivity index (χ1) is 10.0. The Morgan fingerprint density at radius 3 is 2.62 bits per heavy atom. The second-order valence-corrected chi connectivity index (χ2v) is 5.93. The number of nitrogens with zero attached hydrogens (tertiary/aromatic N) is 2. The molecule has 1 aliphatic rings. The van der Waals surface area contributed by atoms with E-state index in [-0.39, 0.29) is 5.43 Å². The van der Waals surface area contributed by atoms with Crippen molar-refractivity contribution < 1.29 is 0 Å². The second-order valence-electron chi connectivity index (χ2n) is 5.93. The monoisotopic (exact) mass is 283 g/mol. The van der Waals surface area contributed by atoms with E-state index in [2.05, 4.69) is 36.4 Å². The molecule has 1 fully saturated rings. The summed E-state index contributed by atoms with van der Waals surface area (Å²) in [5, 5.41) is 7.91. The fourth-order valence-electron chi connectivity index (χ4n) is 2.35. The van der Waals surface area contributed by atoms with Crippen molar-refractivity contribution in [2.24, 2.45) is 0 Å². The van der Waals surface area contributed by atoms with Crippen molar-refractivity contribution >= 4 is 0 Å². The molecule has 0 aliphatic heterocycles. The van der Waals surface area contributed by atoms with Gasteiger partial charge in [0.05, 0.1) is 5.69 Å². The minimum absolute atomic E-state index is 0.0146. The molecule has 0 bridgehead atoms. The third-order valence-electron chi connectivity index (χ3n) is 4.05. The van der Waals surface area contributed by atoms with Gasteiger partial charge in [0, 0.05) is 24.3 Å². The van der Waals surface area contributed by atoms with E-state index in [9.17, 15) is 4.79 Å². The molecule has 0 radical (unpaired) electrons. The summed E-state index contributed by atoms with van der Waals surface area (Å²) in [5.74, 6) is 0. The Morgan fingerprint density at radius 1 is 1.19 bits per heavy atom. The number of aryl methyl sites for hydroxylation is 3. The molecule has 110 valence electrons. The van der Waals surface area contributed by atoms with Gasteiger partial charge in [-0.1, -0.05) is 6.07 Å². The molecule has 0 unspecified atom stereocenters. The van der Waals surface area contributed by atoms with Gasteiger partial charge in [-0.05, 0) is 56.9 Å². The zero-order chi connectivity index (χ0) is 15.0. The van der Waals surface area contributed by atoms with Crippen LogP contribution in [0.5, 0.6) is 0 Å². The summed E-state index contributed by atoms with van der Waals surface area (Å²) in [4.78, 5) is 12.1. The summed E-state index contributed by atoms with van der Waals surface area (Å²) in [6, 6.07) is 8.49. The van der Waals surface area contributed by atoms with Gasteiger partial charge < -0.3 is 5.32 Å². The number of aromatic nitrogens is 2. The van der Waals surface area contributed by atoms with Crippen LogP contribution < -0.4 is 10.7 Å². The maximum atomic E-state index is 12.1. The first-order valence-corrected chi connectivity index (χ1v) is 7.45. The molecule has 4 heteroatoms. The second kappa shape index (κ2) is 5.45. The van der Waals surface area contributed by atoms with Gasteiger partial charge in [0.1, 0.15) is 5.69 Å². The molecule has 2 aromatic rings. The van der Waals surface area contributed by atoms with Crippen molar-refractivity contribution in [3.05, 3.63) is 57.0 Å². The van der Waals surface area contributed by atoms with Gasteiger partial charge in [-0.25, -0.2) is 4.68 Å². The minimum Gasteiger partial charge on any atom is -0.308 e. The largest absolute Gasteiger partial charge is 0.308 e. The lowest BCUT2D eigenvalue weighted by Gasteiger charge is -2.13. The Balaban J connectivity index is 1.97. The Labute approximate surface area is 124 Å². The van der Waals surface area contributed by atoms with Crippen LogP contribution in [0.4, 0.5) is 0 Å². The molecule has 1 aliphatic carbocycles. The highest BCUT2D eigenvalue weighted by atomic mass is 16.1. The van der Waals surface area contributed by atoms with Gasteiger partial charge in [-0.3, -0.25) is 4.79 Å². The van der Waals surface area contributed by atoms with Gasteiger partial charge in [0.15, 0.2) is 0 Å². The van der Waals surface area contributed by atoms with Gasteiger partial charge >= 0.3 is 0 Å². The van der Waals surface area contributed by atoms with Gasteiger partial charge in [0.2, 0.25) is 5.43 Å². The highest BCUT2D eigenvalue weighted by Gasteiger charge is 2.21. The fourth-order valence-corrected chi connectivity index (χ4v) is 2.35. The van der Waals surface area contributed by atoms with E-state index >= 15 is 0 Å². The summed E-state index contributed by atoms with van der Waals surface area (Å²) < 4.78 is 1.86. The van der Waals surface area contributed by atoms with Crippen molar-refractivity contribution in [2.45, 2.75) is 46.2 Å². The highest BCUT2D eigenvalue weighted by molar-refractivity contribution is 5.40. The molecular formula is C17H21N3O. The zero-order valence-corrected chi connectivity index (χ0v) is 12.8. The number of benzene rings is 1. The average molecular weight is 283 g/mol. The minimum atomic E-state index is 0.0146. The lowest BCUT2D eigenvalue weighted by molar-refractivity contribution is 0.641. The van der Waals surface area contributed by atoms with Crippen LogP contribution >= 0.6 is 0 Å². The highest BCUT2D eigenvalue weighted by Crippen LogP contribution is 2.19. The summed E-state index contributed by atoms with van der Waals surface area (Å²) in [6.45, 7) is 6.65. The van der Waals surface area contributed by atoms with E-state index in [4.69, 9.17) is 0 Å². The molecule has 0 saturated heterocycles. The van der Waals surface area contributed by atoms with Crippen LogP contribution in [0.15, 0.2) is 29.1 Å². The molecule has 0 amide bonds. The van der Waals surface area contributed by atoms with E-state index in [1.54, 1.807) is 6.07 Å². The van der Waals surface area contributed by atoms with Crippen LogP contribution in [0.25, 0.3) is 5.69 Å². The van der Waals surface area contributed by atoms with E-state index in [1.165, 1.54) is 24.0 Å². The number of hydrogen-bond donors (Lipinski definition) is 1. The van der Waals surface area contributed by atoms with Crippen LogP contribution in [0.3, 0.4) is 0 Å². The lowest BCUT2D eigenvalue weighted by Crippen LogP contribution is -2.25. The van der Waals surface area contributed by atoms with Crippen molar-refractivity contribution in [1.82, 2.24) is 15.1 Å². The van der Waals surface area contributed by atoms with Crippen molar-refractivity contribution in [2.75, 3.05) is 0 Å². The Hall–Kier alpha value is -1.94. The van der Waals surface area contributed by atoms with Crippen molar-refractivity contribution in [1.29, 1.82) is 0 Å². The number of rotatable bonds is 4. The van der Waals surface area contributed by atoms with Crippen molar-refractivity contribution in [3.63, 3.8) is 0 Å². The first-order valence-electron chi connectivity index (χ1n) is 7.45. The number of hydrogen-bond acceptors (Lipinski definition) is 3. The lowest BCUT2D eigenvalue weighted by atomic mass is 10.1. The fraction of sp³-hybridized carbons (Fsp3) is 0.412. The van der Waals surface area contributed by atoms with Crippen LogP contribution in [0.2, 0.25) is 0 Å². The summed E-state index contributed by atoms with van der Waals surface area (Å²) in [6.07, 6.45) is 2.41. The van der Waals surface area contributed by atoms with E-state index < -0.39 is 0 Å². The predicted molar refractivity (Wildman–Crippen MR) is 83.9 cm³/mol. The summed E-state index contributed by atoms with van der Waals surface area (Å²) in [7, 11) is 0. The molecule has 1 N–H and O–H groups in total. The maximum absolute atomic E-state index is 12.1. The standard InChI is InChI=1S/C17H21N3O/c1-11-4-7-15(8-12(11)2)20-13(3)9-17(21)16(19-20)10-18-14-5-6-14/h4,7-9,14,18H,5-6,10H2,1-3H3. The first kappa shape index (κ1) is 14.0. The van der Waals surface area contributed by atoms with E-state index in [1.807, 2.05) is 17.7 Å². The Morgan fingerprint density at radius 2 is 1.95 bits per heavy atom. The van der Waals surface area contributed by atoms with Crippen LogP contribution in [0.1, 0.15) is 35.4 Å². The van der Waals surface area contributed by atoms with Crippen LogP contribution in [-0.4, -0.2) is 15.8 Å². The molecule has 1 saturated carbocycles. The van der Waals surface area contributed by atoms with Gasteiger partial charge in [-0.2, -0.15) is 5.10 Å². The molecule has 0 spiro atoms. The Bertz CT molecular complexity index is 729. The summed E-state index contributed by atoms with van der Waals surface area (Å²) >= 11 is 0. The molecular weight excluding hydrogens is 262 g/mol. The topological polar surface area (TPSA) is 46.9 Å². The smallest absolute Gasteiger partial charge is 0.204 e. The predicted octanol–water partition coefficient (Wildman–Crippen LogP) is 2.41. The third-order valence-corrected chi connectivity index (χ3v) is 4.05. The van der Waals surface area contributed by atoms with E-state index in [0.717, 1.165) is 11.4 Å². The SMILES string of the molecule is Cc1ccc(-n2nc(CNC3CC3)c(=O)cc2C)cc1C. The average Bonchev–Trinajstić information content (AvgIpc) is 3.25. The number of nitrogens with one attached hydrogen (secondary N) is 1. The van der Waals surface area contributed by atoms with Crippen LogP contribution in [0, 0.1) is 20.8 Å². The molecule has 3 rings (SSSR count). The molecule has 1 heterocycles. The van der Waals surface area contributed by atoms with Gasteiger partial charge in [-0.15, -0.1) is 0 Å². The Kier molecular flexibility index (Phi) is 3.64. The molecule has 1 aromatic heterocycles. The molecule has 0 atom stereocenters. The molecule has 21 heavy (non-hydrogen) atoms. The van der Waals surface area contributed by atoms with Crippen molar-refractivity contribution in [3.8, 4) is 5.69 Å². The zero-order valence-electron chi connectivity index (χ0n) is 12.8. The van der Waals surface area contributed by atoms with Crippen LogP contribution in [-0.2, 0) is 6.54 Å².